The first-order valence-electron chi connectivity index (χ1n) is 6.33. The predicted octanol–water partition coefficient (Wildman–Crippen LogP) is 4.80. The lowest BCUT2D eigenvalue weighted by Crippen LogP contribution is -2.11. The molecule has 0 radical (unpaired) electrons. The number of thiophene rings is 1. The third-order valence-electron chi connectivity index (χ3n) is 2.94. The van der Waals surface area contributed by atoms with Gasteiger partial charge >= 0.3 is 0 Å². The summed E-state index contributed by atoms with van der Waals surface area (Å²) in [6.07, 6.45) is 0. The van der Waals surface area contributed by atoms with Gasteiger partial charge in [-0.05, 0) is 25.3 Å². The number of anilines is 1. The van der Waals surface area contributed by atoms with E-state index in [1.165, 1.54) is 4.88 Å². The van der Waals surface area contributed by atoms with Crippen molar-refractivity contribution in [2.75, 3.05) is 5.32 Å². The van der Waals surface area contributed by atoms with Crippen molar-refractivity contribution in [3.05, 3.63) is 38.9 Å². The number of halogens is 1. The van der Waals surface area contributed by atoms with E-state index in [0.29, 0.717) is 5.15 Å². The molecule has 0 saturated heterocycles. The lowest BCUT2D eigenvalue weighted by Gasteiger charge is -2.17. The highest BCUT2D eigenvalue weighted by Gasteiger charge is 2.14. The van der Waals surface area contributed by atoms with Gasteiger partial charge in [-0.15, -0.1) is 11.3 Å². The van der Waals surface area contributed by atoms with Crippen LogP contribution in [0.25, 0.3) is 0 Å². The topological polar surface area (TPSA) is 37.8 Å². The Balaban J connectivity index is 2.29. The first-order chi connectivity index (χ1) is 8.99. The largest absolute Gasteiger partial charge is 0.362 e. The highest BCUT2D eigenvalue weighted by Crippen LogP contribution is 2.27. The van der Waals surface area contributed by atoms with Crippen LogP contribution < -0.4 is 5.32 Å². The van der Waals surface area contributed by atoms with Gasteiger partial charge in [0, 0.05) is 16.4 Å². The molecule has 0 aliphatic rings. The molecule has 102 valence electrons. The van der Waals surface area contributed by atoms with E-state index in [-0.39, 0.29) is 12.0 Å². The summed E-state index contributed by atoms with van der Waals surface area (Å²) in [5, 5.41) is 6.03. The molecule has 5 heteroatoms. The predicted molar refractivity (Wildman–Crippen MR) is 82.2 cm³/mol. The van der Waals surface area contributed by atoms with Crippen LogP contribution in [0.2, 0.25) is 5.15 Å². The summed E-state index contributed by atoms with van der Waals surface area (Å²) in [6, 6.07) is 4.38. The van der Waals surface area contributed by atoms with Gasteiger partial charge in [-0.3, -0.25) is 0 Å². The van der Waals surface area contributed by atoms with E-state index < -0.39 is 0 Å². The third kappa shape index (κ3) is 3.25. The zero-order valence-electron chi connectivity index (χ0n) is 11.6. The Kier molecular flexibility index (Phi) is 4.42. The Labute approximate surface area is 123 Å². The fourth-order valence-corrected chi connectivity index (χ4v) is 2.63. The van der Waals surface area contributed by atoms with Crippen LogP contribution in [0.3, 0.4) is 0 Å². The molecule has 2 aromatic rings. The van der Waals surface area contributed by atoms with Gasteiger partial charge in [-0.25, -0.2) is 9.97 Å². The number of rotatable bonds is 4. The second kappa shape index (κ2) is 5.88. The summed E-state index contributed by atoms with van der Waals surface area (Å²) >= 11 is 7.91. The monoisotopic (exact) mass is 295 g/mol. The van der Waals surface area contributed by atoms with Gasteiger partial charge < -0.3 is 5.32 Å². The molecule has 0 aliphatic heterocycles. The lowest BCUT2D eigenvalue weighted by molar-refractivity contribution is 0.766. The first-order valence-corrected chi connectivity index (χ1v) is 7.58. The molecule has 2 heterocycles. The van der Waals surface area contributed by atoms with E-state index in [2.05, 4.69) is 53.6 Å². The molecule has 0 bridgehead atoms. The van der Waals surface area contributed by atoms with Gasteiger partial charge in [0.15, 0.2) is 0 Å². The van der Waals surface area contributed by atoms with Crippen LogP contribution in [-0.4, -0.2) is 9.97 Å². The number of aromatic nitrogens is 2. The van der Waals surface area contributed by atoms with Crippen LogP contribution >= 0.6 is 22.9 Å². The lowest BCUT2D eigenvalue weighted by atomic mass is 10.2. The van der Waals surface area contributed by atoms with Gasteiger partial charge in [-0.2, -0.15) is 0 Å². The molecular formula is C14H18ClN3S. The van der Waals surface area contributed by atoms with E-state index in [9.17, 15) is 0 Å². The maximum absolute atomic E-state index is 6.18. The van der Waals surface area contributed by atoms with E-state index in [1.54, 1.807) is 11.3 Å². The molecule has 1 unspecified atom stereocenters. The summed E-state index contributed by atoms with van der Waals surface area (Å²) in [6.45, 7) is 8.19. The molecule has 0 amide bonds. The Morgan fingerprint density at radius 3 is 2.58 bits per heavy atom. The van der Waals surface area contributed by atoms with Crippen LogP contribution in [0, 0.1) is 6.92 Å². The number of nitrogens with one attached hydrogen (secondary N) is 1. The van der Waals surface area contributed by atoms with Crippen molar-refractivity contribution in [3.8, 4) is 0 Å². The summed E-state index contributed by atoms with van der Waals surface area (Å²) < 4.78 is 0. The summed E-state index contributed by atoms with van der Waals surface area (Å²) in [4.78, 5) is 10.2. The fraction of sp³-hybridized carbons (Fsp3) is 0.429. The minimum absolute atomic E-state index is 0.213. The molecule has 0 spiro atoms. The Morgan fingerprint density at radius 2 is 2.00 bits per heavy atom. The maximum atomic E-state index is 6.18. The van der Waals surface area contributed by atoms with Crippen molar-refractivity contribution in [2.24, 2.45) is 0 Å². The Bertz CT molecular complexity index is 552. The van der Waals surface area contributed by atoms with Crippen LogP contribution in [0.15, 0.2) is 17.5 Å². The number of nitrogens with zero attached hydrogens (tertiary/aromatic N) is 2. The van der Waals surface area contributed by atoms with Crippen molar-refractivity contribution in [1.82, 2.24) is 9.97 Å². The summed E-state index contributed by atoms with van der Waals surface area (Å²) in [5.74, 6) is 1.86. The smallest absolute Gasteiger partial charge is 0.137 e. The van der Waals surface area contributed by atoms with Crippen LogP contribution in [0.1, 0.15) is 49.0 Å². The van der Waals surface area contributed by atoms with E-state index >= 15 is 0 Å². The zero-order valence-corrected chi connectivity index (χ0v) is 13.1. The van der Waals surface area contributed by atoms with E-state index in [4.69, 9.17) is 11.6 Å². The van der Waals surface area contributed by atoms with Crippen molar-refractivity contribution in [3.63, 3.8) is 0 Å². The molecule has 2 aromatic heterocycles. The second-order valence-electron chi connectivity index (χ2n) is 4.88. The standard InChI is InChI=1S/C14H18ClN3S/c1-8(2)13-17-12(15)9(3)14(18-13)16-10(4)11-6-5-7-19-11/h5-8,10H,1-4H3,(H,16,17,18). The third-order valence-corrected chi connectivity index (χ3v) is 4.37. The SMILES string of the molecule is Cc1c(Cl)nc(C(C)C)nc1NC(C)c1cccs1. The Morgan fingerprint density at radius 1 is 1.26 bits per heavy atom. The molecular weight excluding hydrogens is 278 g/mol. The van der Waals surface area contributed by atoms with Gasteiger partial charge in [0.25, 0.3) is 0 Å². The molecule has 3 nitrogen and oxygen atoms in total. The molecule has 0 saturated carbocycles. The van der Waals surface area contributed by atoms with Crippen LogP contribution in [-0.2, 0) is 0 Å². The molecule has 2 rings (SSSR count). The second-order valence-corrected chi connectivity index (χ2v) is 6.22. The average Bonchev–Trinajstić information content (AvgIpc) is 2.88. The maximum Gasteiger partial charge on any atom is 0.137 e. The number of hydrogen-bond acceptors (Lipinski definition) is 4. The Hall–Kier alpha value is -1.13. The molecule has 0 aliphatic carbocycles. The first kappa shape index (κ1) is 14.3. The van der Waals surface area contributed by atoms with Gasteiger partial charge in [0.2, 0.25) is 0 Å². The summed E-state index contributed by atoms with van der Waals surface area (Å²) in [5.41, 5.74) is 0.898. The van der Waals surface area contributed by atoms with Gasteiger partial charge in [-0.1, -0.05) is 31.5 Å². The molecule has 19 heavy (non-hydrogen) atoms. The number of hydrogen-bond donors (Lipinski definition) is 1. The van der Waals surface area contributed by atoms with Crippen molar-refractivity contribution in [1.29, 1.82) is 0 Å². The highest BCUT2D eigenvalue weighted by atomic mass is 35.5. The molecule has 1 atom stereocenters. The minimum atomic E-state index is 0.213. The van der Waals surface area contributed by atoms with Crippen molar-refractivity contribution >= 4 is 28.8 Å². The van der Waals surface area contributed by atoms with E-state index in [1.807, 2.05) is 6.92 Å². The zero-order chi connectivity index (χ0) is 14.0. The fourth-order valence-electron chi connectivity index (χ4n) is 1.72. The van der Waals surface area contributed by atoms with Crippen molar-refractivity contribution in [2.45, 2.75) is 39.7 Å². The highest BCUT2D eigenvalue weighted by molar-refractivity contribution is 7.10. The minimum Gasteiger partial charge on any atom is -0.362 e. The van der Waals surface area contributed by atoms with Crippen LogP contribution in [0.5, 0.6) is 0 Å². The molecule has 1 N–H and O–H groups in total. The normalized spacial score (nSPS) is 12.7. The van der Waals surface area contributed by atoms with Crippen LogP contribution in [0.4, 0.5) is 5.82 Å². The van der Waals surface area contributed by atoms with E-state index in [0.717, 1.165) is 17.2 Å². The van der Waals surface area contributed by atoms with Gasteiger partial charge in [0.1, 0.15) is 16.8 Å². The summed E-state index contributed by atoms with van der Waals surface area (Å²) in [7, 11) is 0. The quantitative estimate of drug-likeness (QED) is 0.824. The average molecular weight is 296 g/mol. The molecule has 0 aromatic carbocycles. The van der Waals surface area contributed by atoms with Gasteiger partial charge in [0.05, 0.1) is 6.04 Å². The van der Waals surface area contributed by atoms with Crippen molar-refractivity contribution < 1.29 is 0 Å². The molecule has 0 fully saturated rings.